The number of hydrogen-bond donors (Lipinski definition) is 0. The highest BCUT2D eigenvalue weighted by Crippen LogP contribution is 2.37. The minimum atomic E-state index is -0.622. The van der Waals surface area contributed by atoms with Crippen LogP contribution in [0, 0.1) is 0 Å². The number of hydrogen-bond acceptors (Lipinski definition) is 3. The lowest BCUT2D eigenvalue weighted by Gasteiger charge is -2.27. The Hall–Kier alpha value is -0.680. The van der Waals surface area contributed by atoms with Crippen LogP contribution in [0.2, 0.25) is 0 Å². The number of nitrogens with zero attached hydrogens (tertiary/aromatic N) is 2. The van der Waals surface area contributed by atoms with Crippen molar-refractivity contribution in [1.82, 2.24) is 9.78 Å². The molecular formula is C14H21BrN2O2. The van der Waals surface area contributed by atoms with Crippen molar-refractivity contribution in [3.63, 3.8) is 0 Å². The summed E-state index contributed by atoms with van der Waals surface area (Å²) < 4.78 is 8.42. The van der Waals surface area contributed by atoms with Crippen LogP contribution in [-0.2, 0) is 11.3 Å². The number of carbonyl (C=O) groups excluding carboxylic acids is 1. The molecule has 2 rings (SSSR count). The maximum atomic E-state index is 12.9. The highest BCUT2D eigenvalue weighted by Gasteiger charge is 2.44. The predicted octanol–water partition coefficient (Wildman–Crippen LogP) is 3.59. The van der Waals surface area contributed by atoms with Gasteiger partial charge in [-0.3, -0.25) is 9.48 Å². The van der Waals surface area contributed by atoms with E-state index in [0.29, 0.717) is 12.3 Å². The summed E-state index contributed by atoms with van der Waals surface area (Å²) in [4.78, 5) is 12.9. The minimum absolute atomic E-state index is 0.0877. The Bertz CT molecular complexity index is 450. The standard InChI is InChI=1S/C14H21BrN2O2/c1-3-9-17-12(11(15)10-16-17)13(18)14(19-4-2)7-5-6-8-14/h10H,3-9H2,1-2H3. The number of carbonyl (C=O) groups is 1. The Morgan fingerprint density at radius 2 is 2.16 bits per heavy atom. The third-order valence-corrected chi connectivity index (χ3v) is 4.27. The zero-order valence-electron chi connectivity index (χ0n) is 11.6. The molecule has 0 aliphatic heterocycles. The van der Waals surface area contributed by atoms with Gasteiger partial charge in [0.2, 0.25) is 5.78 Å². The molecule has 0 saturated heterocycles. The van der Waals surface area contributed by atoms with Crippen molar-refractivity contribution in [2.45, 2.75) is 58.1 Å². The topological polar surface area (TPSA) is 44.1 Å². The van der Waals surface area contributed by atoms with Crippen LogP contribution in [0.15, 0.2) is 10.7 Å². The van der Waals surface area contributed by atoms with E-state index >= 15 is 0 Å². The molecule has 0 atom stereocenters. The van der Waals surface area contributed by atoms with E-state index in [2.05, 4.69) is 28.0 Å². The van der Waals surface area contributed by atoms with Crippen LogP contribution in [0.1, 0.15) is 56.4 Å². The summed E-state index contributed by atoms with van der Waals surface area (Å²) in [6.07, 6.45) is 6.43. The molecule has 1 aliphatic carbocycles. The molecule has 1 aromatic rings. The number of aromatic nitrogens is 2. The van der Waals surface area contributed by atoms with Crippen molar-refractivity contribution in [3.05, 3.63) is 16.4 Å². The number of rotatable bonds is 6. The lowest BCUT2D eigenvalue weighted by Crippen LogP contribution is -2.40. The molecule has 0 radical (unpaired) electrons. The monoisotopic (exact) mass is 328 g/mol. The first-order chi connectivity index (χ1) is 9.14. The summed E-state index contributed by atoms with van der Waals surface area (Å²) in [5.74, 6) is 0.0877. The molecular weight excluding hydrogens is 308 g/mol. The van der Waals surface area contributed by atoms with Crippen LogP contribution in [0.5, 0.6) is 0 Å². The molecule has 0 spiro atoms. The van der Waals surface area contributed by atoms with Gasteiger partial charge in [-0.15, -0.1) is 0 Å². The smallest absolute Gasteiger partial charge is 0.213 e. The van der Waals surface area contributed by atoms with Crippen molar-refractivity contribution in [2.24, 2.45) is 0 Å². The van der Waals surface area contributed by atoms with E-state index in [9.17, 15) is 4.79 Å². The Balaban J connectivity index is 2.34. The molecule has 1 aromatic heterocycles. The summed E-state index contributed by atoms with van der Waals surface area (Å²) >= 11 is 3.45. The molecule has 1 saturated carbocycles. The largest absolute Gasteiger partial charge is 0.367 e. The third-order valence-electron chi connectivity index (χ3n) is 3.69. The maximum absolute atomic E-state index is 12.9. The first-order valence-corrected chi connectivity index (χ1v) is 7.84. The minimum Gasteiger partial charge on any atom is -0.367 e. The van der Waals surface area contributed by atoms with E-state index in [1.54, 1.807) is 10.9 Å². The van der Waals surface area contributed by atoms with Gasteiger partial charge in [0.05, 0.1) is 10.7 Å². The molecule has 0 unspecified atom stereocenters. The van der Waals surface area contributed by atoms with Gasteiger partial charge in [0.25, 0.3) is 0 Å². The van der Waals surface area contributed by atoms with Crippen LogP contribution < -0.4 is 0 Å². The summed E-state index contributed by atoms with van der Waals surface area (Å²) in [6.45, 7) is 5.36. The van der Waals surface area contributed by atoms with Gasteiger partial charge in [-0.25, -0.2) is 0 Å². The molecule has 5 heteroatoms. The van der Waals surface area contributed by atoms with Crippen molar-refractivity contribution in [2.75, 3.05) is 6.61 Å². The van der Waals surface area contributed by atoms with Gasteiger partial charge in [-0.1, -0.05) is 6.92 Å². The lowest BCUT2D eigenvalue weighted by molar-refractivity contribution is -0.0171. The Morgan fingerprint density at radius 3 is 2.74 bits per heavy atom. The van der Waals surface area contributed by atoms with Crippen LogP contribution in [-0.4, -0.2) is 27.8 Å². The molecule has 4 nitrogen and oxygen atoms in total. The Labute approximate surface area is 122 Å². The SMILES string of the molecule is CCCn1ncc(Br)c1C(=O)C1(OCC)CCCC1. The van der Waals surface area contributed by atoms with Crippen LogP contribution >= 0.6 is 15.9 Å². The Kier molecular flexibility index (Phi) is 4.79. The van der Waals surface area contributed by atoms with E-state index in [4.69, 9.17) is 4.74 Å². The first kappa shape index (κ1) is 14.7. The van der Waals surface area contributed by atoms with Crippen LogP contribution in [0.4, 0.5) is 0 Å². The second-order valence-corrected chi connectivity index (χ2v) is 5.88. The van der Waals surface area contributed by atoms with Crippen LogP contribution in [0.3, 0.4) is 0 Å². The number of aryl methyl sites for hydroxylation is 1. The lowest BCUT2D eigenvalue weighted by atomic mass is 9.93. The van der Waals surface area contributed by atoms with Gasteiger partial charge in [0, 0.05) is 13.2 Å². The van der Waals surface area contributed by atoms with Gasteiger partial charge in [-0.05, 0) is 55.0 Å². The molecule has 0 amide bonds. The van der Waals surface area contributed by atoms with Crippen molar-refractivity contribution >= 4 is 21.7 Å². The molecule has 1 heterocycles. The molecule has 106 valence electrons. The molecule has 19 heavy (non-hydrogen) atoms. The third kappa shape index (κ3) is 2.77. The fraction of sp³-hybridized carbons (Fsp3) is 0.714. The molecule has 0 bridgehead atoms. The van der Waals surface area contributed by atoms with Gasteiger partial charge >= 0.3 is 0 Å². The number of halogens is 1. The number of ether oxygens (including phenoxy) is 1. The van der Waals surface area contributed by atoms with Gasteiger partial charge in [0.1, 0.15) is 11.3 Å². The molecule has 1 fully saturated rings. The maximum Gasteiger partial charge on any atom is 0.213 e. The van der Waals surface area contributed by atoms with E-state index in [0.717, 1.165) is 43.1 Å². The summed E-state index contributed by atoms with van der Waals surface area (Å²) in [5.41, 5.74) is 0.0418. The van der Waals surface area contributed by atoms with Gasteiger partial charge in [-0.2, -0.15) is 5.10 Å². The summed E-state index contributed by atoms with van der Waals surface area (Å²) in [6, 6.07) is 0. The summed E-state index contributed by atoms with van der Waals surface area (Å²) in [5, 5.41) is 4.28. The number of Topliss-reactive ketones (excluding diaryl/α,β-unsaturated/α-hetero) is 1. The van der Waals surface area contributed by atoms with Crippen molar-refractivity contribution in [3.8, 4) is 0 Å². The van der Waals surface area contributed by atoms with Crippen LogP contribution in [0.25, 0.3) is 0 Å². The van der Waals surface area contributed by atoms with Gasteiger partial charge in [0.15, 0.2) is 0 Å². The zero-order chi connectivity index (χ0) is 13.9. The highest BCUT2D eigenvalue weighted by molar-refractivity contribution is 9.10. The average molecular weight is 329 g/mol. The fourth-order valence-corrected chi connectivity index (χ4v) is 3.32. The van der Waals surface area contributed by atoms with Crippen molar-refractivity contribution < 1.29 is 9.53 Å². The first-order valence-electron chi connectivity index (χ1n) is 7.04. The van der Waals surface area contributed by atoms with Gasteiger partial charge < -0.3 is 4.74 Å². The molecule has 0 aromatic carbocycles. The second kappa shape index (κ2) is 6.18. The molecule has 1 aliphatic rings. The van der Waals surface area contributed by atoms with Crippen molar-refractivity contribution in [1.29, 1.82) is 0 Å². The van der Waals surface area contributed by atoms with E-state index < -0.39 is 5.60 Å². The normalized spacial score (nSPS) is 17.8. The average Bonchev–Trinajstić information content (AvgIpc) is 2.98. The van der Waals surface area contributed by atoms with E-state index in [1.807, 2.05) is 6.92 Å². The summed E-state index contributed by atoms with van der Waals surface area (Å²) in [7, 11) is 0. The van der Waals surface area contributed by atoms with E-state index in [1.165, 1.54) is 0 Å². The van der Waals surface area contributed by atoms with E-state index in [-0.39, 0.29) is 5.78 Å². The predicted molar refractivity (Wildman–Crippen MR) is 77.4 cm³/mol. The number of ketones is 1. The zero-order valence-corrected chi connectivity index (χ0v) is 13.2. The fourth-order valence-electron chi connectivity index (χ4n) is 2.84. The molecule has 0 N–H and O–H groups in total. The quantitative estimate of drug-likeness (QED) is 0.749. The highest BCUT2D eigenvalue weighted by atomic mass is 79.9. The Morgan fingerprint density at radius 1 is 1.47 bits per heavy atom. The second-order valence-electron chi connectivity index (χ2n) is 5.03.